The van der Waals surface area contributed by atoms with Gasteiger partial charge < -0.3 is 14.4 Å². The number of benzene rings is 1. The van der Waals surface area contributed by atoms with E-state index in [-0.39, 0.29) is 17.9 Å². The highest BCUT2D eigenvalue weighted by atomic mass is 16.3. The Hall–Kier alpha value is -1.81. The van der Waals surface area contributed by atoms with Crippen molar-refractivity contribution in [1.29, 1.82) is 0 Å². The second kappa shape index (κ2) is 6.00. The summed E-state index contributed by atoms with van der Waals surface area (Å²) < 4.78 is 5.91. The Morgan fingerprint density at radius 3 is 2.57 bits per heavy atom. The first-order valence-electron chi connectivity index (χ1n) is 8.40. The van der Waals surface area contributed by atoms with Crippen molar-refractivity contribution in [3.63, 3.8) is 0 Å². The van der Waals surface area contributed by atoms with Gasteiger partial charge in [-0.15, -0.1) is 0 Å². The second-order valence-corrected chi connectivity index (χ2v) is 6.81. The van der Waals surface area contributed by atoms with Gasteiger partial charge in [-0.05, 0) is 44.1 Å². The molecule has 4 nitrogen and oxygen atoms in total. The molecule has 1 aliphatic rings. The Kier molecular flexibility index (Phi) is 4.19. The lowest BCUT2D eigenvalue weighted by molar-refractivity contribution is 0.0321. The molecule has 0 aliphatic carbocycles. The van der Waals surface area contributed by atoms with Gasteiger partial charge in [-0.1, -0.05) is 25.1 Å². The first-order chi connectivity index (χ1) is 11.0. The molecule has 0 saturated carbocycles. The van der Waals surface area contributed by atoms with Crippen LogP contribution in [0.5, 0.6) is 0 Å². The van der Waals surface area contributed by atoms with Crippen molar-refractivity contribution in [1.82, 2.24) is 4.90 Å². The number of amides is 1. The fourth-order valence-electron chi connectivity index (χ4n) is 3.54. The van der Waals surface area contributed by atoms with Gasteiger partial charge in [-0.3, -0.25) is 4.79 Å². The molecule has 3 rings (SSSR count). The van der Waals surface area contributed by atoms with Gasteiger partial charge in [0.25, 0.3) is 5.91 Å². The van der Waals surface area contributed by atoms with Crippen molar-refractivity contribution < 1.29 is 14.3 Å². The van der Waals surface area contributed by atoms with E-state index >= 15 is 0 Å². The highest BCUT2D eigenvalue weighted by Crippen LogP contribution is 2.35. The summed E-state index contributed by atoms with van der Waals surface area (Å²) in [5, 5.41) is 10.6. The lowest BCUT2D eigenvalue weighted by atomic mass is 9.77. The Balaban J connectivity index is 1.85. The van der Waals surface area contributed by atoms with Crippen molar-refractivity contribution in [2.45, 2.75) is 40.0 Å². The normalized spacial score (nSPS) is 17.7. The molecule has 0 unspecified atom stereocenters. The number of aryl methyl sites for hydroxylation is 2. The molecule has 1 N–H and O–H groups in total. The molecule has 1 fully saturated rings. The van der Waals surface area contributed by atoms with Gasteiger partial charge in [0.2, 0.25) is 0 Å². The zero-order valence-corrected chi connectivity index (χ0v) is 14.2. The first kappa shape index (κ1) is 16.1. The highest BCUT2D eigenvalue weighted by Gasteiger charge is 2.35. The zero-order valence-electron chi connectivity index (χ0n) is 14.2. The quantitative estimate of drug-likeness (QED) is 0.940. The molecular formula is C19H25NO3. The molecule has 2 heterocycles. The number of fused-ring (bicyclic) bond motifs is 1. The predicted octanol–water partition coefficient (Wildman–Crippen LogP) is 3.67. The maximum absolute atomic E-state index is 12.9. The molecule has 1 aromatic heterocycles. The molecule has 0 radical (unpaired) electrons. The average molecular weight is 315 g/mol. The van der Waals surface area contributed by atoms with E-state index in [1.165, 1.54) is 0 Å². The van der Waals surface area contributed by atoms with Crippen LogP contribution in [0.1, 0.15) is 47.9 Å². The first-order valence-corrected chi connectivity index (χ1v) is 8.40. The Bertz CT molecular complexity index is 718. The number of likely N-dealkylation sites (tertiary alicyclic amines) is 1. The van der Waals surface area contributed by atoms with Crippen LogP contribution in [0, 0.1) is 19.3 Å². The third-order valence-corrected chi connectivity index (χ3v) is 5.55. The fourth-order valence-corrected chi connectivity index (χ4v) is 3.54. The van der Waals surface area contributed by atoms with E-state index in [0.29, 0.717) is 18.8 Å². The van der Waals surface area contributed by atoms with E-state index < -0.39 is 0 Å². The minimum absolute atomic E-state index is 0.0176. The Labute approximate surface area is 137 Å². The molecular weight excluding hydrogens is 290 g/mol. The molecule has 0 bridgehead atoms. The van der Waals surface area contributed by atoms with Crippen LogP contribution in [0.4, 0.5) is 0 Å². The molecule has 1 aliphatic heterocycles. The predicted molar refractivity (Wildman–Crippen MR) is 90.6 cm³/mol. The van der Waals surface area contributed by atoms with Gasteiger partial charge in [0.05, 0.1) is 0 Å². The average Bonchev–Trinajstić information content (AvgIpc) is 2.93. The number of aliphatic hydroxyl groups excluding tert-OH is 1. The number of rotatable bonds is 3. The van der Waals surface area contributed by atoms with E-state index in [0.717, 1.165) is 41.4 Å². The van der Waals surface area contributed by atoms with Crippen LogP contribution in [0.15, 0.2) is 22.6 Å². The minimum atomic E-state index is -0.0271. The van der Waals surface area contributed by atoms with Gasteiger partial charge in [-0.25, -0.2) is 0 Å². The van der Waals surface area contributed by atoms with Gasteiger partial charge in [0.15, 0.2) is 5.76 Å². The largest absolute Gasteiger partial charge is 0.450 e. The highest BCUT2D eigenvalue weighted by molar-refractivity contribution is 5.99. The van der Waals surface area contributed by atoms with Crippen LogP contribution < -0.4 is 0 Å². The Morgan fingerprint density at radius 1 is 1.30 bits per heavy atom. The molecule has 2 aromatic rings. The number of furan rings is 1. The molecule has 124 valence electrons. The number of para-hydroxylation sites is 1. The van der Waals surface area contributed by atoms with Crippen molar-refractivity contribution in [3.05, 3.63) is 35.1 Å². The van der Waals surface area contributed by atoms with E-state index in [1.54, 1.807) is 0 Å². The maximum atomic E-state index is 12.9. The number of aliphatic hydroxyl groups is 1. The van der Waals surface area contributed by atoms with Crippen LogP contribution in [0.2, 0.25) is 0 Å². The van der Waals surface area contributed by atoms with Gasteiger partial charge >= 0.3 is 0 Å². The topological polar surface area (TPSA) is 53.7 Å². The summed E-state index contributed by atoms with van der Waals surface area (Å²) in [7, 11) is 0. The van der Waals surface area contributed by atoms with Crippen molar-refractivity contribution in [2.24, 2.45) is 5.41 Å². The van der Waals surface area contributed by atoms with E-state index in [1.807, 2.05) is 36.9 Å². The number of carbonyl (C=O) groups excluding carboxylic acids is 1. The molecule has 4 heteroatoms. The van der Waals surface area contributed by atoms with Gasteiger partial charge in [0, 0.05) is 30.6 Å². The van der Waals surface area contributed by atoms with Crippen LogP contribution in [0.25, 0.3) is 11.0 Å². The molecule has 1 amide bonds. The summed E-state index contributed by atoms with van der Waals surface area (Å²) in [5.41, 5.74) is 2.76. The number of hydrogen-bond acceptors (Lipinski definition) is 3. The molecule has 0 spiro atoms. The monoisotopic (exact) mass is 315 g/mol. The van der Waals surface area contributed by atoms with Crippen molar-refractivity contribution >= 4 is 16.9 Å². The summed E-state index contributed by atoms with van der Waals surface area (Å²) >= 11 is 0. The zero-order chi connectivity index (χ0) is 16.6. The number of hydrogen-bond donors (Lipinski definition) is 1. The lowest BCUT2D eigenvalue weighted by Crippen LogP contribution is -2.44. The van der Waals surface area contributed by atoms with E-state index in [9.17, 15) is 9.90 Å². The fraction of sp³-hybridized carbons (Fsp3) is 0.526. The number of piperidine rings is 1. The number of carbonyl (C=O) groups is 1. The van der Waals surface area contributed by atoms with E-state index in [4.69, 9.17) is 4.42 Å². The van der Waals surface area contributed by atoms with E-state index in [2.05, 4.69) is 6.92 Å². The molecule has 1 saturated heterocycles. The summed E-state index contributed by atoms with van der Waals surface area (Å²) in [6.45, 7) is 7.63. The van der Waals surface area contributed by atoms with Crippen molar-refractivity contribution in [3.8, 4) is 0 Å². The minimum Gasteiger partial charge on any atom is -0.450 e. The van der Waals surface area contributed by atoms with Crippen molar-refractivity contribution in [2.75, 3.05) is 19.7 Å². The SMILES string of the molecule is CCC1(CO)CCN(C(=O)c2oc3c(C)cccc3c2C)CC1. The second-order valence-electron chi connectivity index (χ2n) is 6.81. The van der Waals surface area contributed by atoms with Crippen LogP contribution >= 0.6 is 0 Å². The maximum Gasteiger partial charge on any atom is 0.289 e. The molecule has 1 aromatic carbocycles. The third-order valence-electron chi connectivity index (χ3n) is 5.55. The summed E-state index contributed by atoms with van der Waals surface area (Å²) in [6, 6.07) is 5.99. The van der Waals surface area contributed by atoms with Gasteiger partial charge in [-0.2, -0.15) is 0 Å². The standard InChI is InChI=1S/C19H25NO3/c1-4-19(12-21)8-10-20(11-9-19)18(22)17-14(3)15-7-5-6-13(2)16(15)23-17/h5-7,21H,4,8-12H2,1-3H3. The summed E-state index contributed by atoms with van der Waals surface area (Å²) in [4.78, 5) is 14.7. The Morgan fingerprint density at radius 2 is 2.00 bits per heavy atom. The third kappa shape index (κ3) is 2.65. The van der Waals surface area contributed by atoms with Crippen LogP contribution in [0.3, 0.4) is 0 Å². The summed E-state index contributed by atoms with van der Waals surface area (Å²) in [6.07, 6.45) is 2.66. The van der Waals surface area contributed by atoms with Crippen LogP contribution in [-0.4, -0.2) is 35.6 Å². The smallest absolute Gasteiger partial charge is 0.289 e. The summed E-state index contributed by atoms with van der Waals surface area (Å²) in [5.74, 6) is 0.433. The molecule has 23 heavy (non-hydrogen) atoms. The lowest BCUT2D eigenvalue weighted by Gasteiger charge is -2.40. The number of nitrogens with zero attached hydrogens (tertiary/aromatic N) is 1. The molecule has 0 atom stereocenters. The van der Waals surface area contributed by atoms with Crippen LogP contribution in [-0.2, 0) is 0 Å². The van der Waals surface area contributed by atoms with Gasteiger partial charge in [0.1, 0.15) is 5.58 Å².